The second-order valence-corrected chi connectivity index (χ2v) is 17.9. The Bertz CT molecular complexity index is 1270. The maximum absolute atomic E-state index is 13.4. The standard InChI is InChI=1S/C28H37F3N4O3Si/c1-26(2,3)38-25(36)27(4,5)22-16-32-21(15-33-22)19-9-11-20(12-10-19)24-34-23(28(29,30)31)17-35(24)18-37-13-14-39(6,7)8/h9-12,15-17H,13-14,18H2,1-8H3. The van der Waals surface area contributed by atoms with Gasteiger partial charge in [0.15, 0.2) is 5.69 Å². The molecule has 0 N–H and O–H groups in total. The number of benzene rings is 1. The molecule has 0 unspecified atom stereocenters. The molecule has 0 aliphatic carbocycles. The highest BCUT2D eigenvalue weighted by molar-refractivity contribution is 6.76. The second-order valence-electron chi connectivity index (χ2n) is 12.3. The molecule has 0 spiro atoms. The third-order valence-corrected chi connectivity index (χ3v) is 7.64. The second kappa shape index (κ2) is 11.2. The van der Waals surface area contributed by atoms with Gasteiger partial charge in [-0.2, -0.15) is 13.2 Å². The average Bonchev–Trinajstić information content (AvgIpc) is 3.25. The Morgan fingerprint density at radius 1 is 0.923 bits per heavy atom. The molecule has 0 atom stereocenters. The maximum atomic E-state index is 13.4. The number of hydrogen-bond acceptors (Lipinski definition) is 6. The lowest BCUT2D eigenvalue weighted by molar-refractivity contribution is -0.161. The molecule has 212 valence electrons. The number of carbonyl (C=O) groups is 1. The van der Waals surface area contributed by atoms with Crippen LogP contribution in [-0.4, -0.2) is 45.8 Å². The van der Waals surface area contributed by atoms with Crippen LogP contribution in [0.5, 0.6) is 0 Å². The lowest BCUT2D eigenvalue weighted by Crippen LogP contribution is -2.37. The Morgan fingerprint density at radius 2 is 1.54 bits per heavy atom. The topological polar surface area (TPSA) is 79.1 Å². The summed E-state index contributed by atoms with van der Waals surface area (Å²) in [5, 5.41) is 0. The summed E-state index contributed by atoms with van der Waals surface area (Å²) in [6, 6.07) is 7.78. The van der Waals surface area contributed by atoms with Crippen LogP contribution in [0.25, 0.3) is 22.6 Å². The van der Waals surface area contributed by atoms with Gasteiger partial charge in [-0.05, 0) is 40.7 Å². The minimum atomic E-state index is -4.57. The summed E-state index contributed by atoms with van der Waals surface area (Å²) >= 11 is 0. The summed E-state index contributed by atoms with van der Waals surface area (Å²) < 4.78 is 52.9. The maximum Gasteiger partial charge on any atom is 0.434 e. The van der Waals surface area contributed by atoms with E-state index in [1.165, 1.54) is 10.8 Å². The molecule has 1 aromatic carbocycles. The summed E-state index contributed by atoms with van der Waals surface area (Å²) in [5.41, 5.74) is -0.338. The summed E-state index contributed by atoms with van der Waals surface area (Å²) in [6.45, 7) is 16.0. The first-order valence-corrected chi connectivity index (χ1v) is 16.5. The number of rotatable bonds is 9. The van der Waals surface area contributed by atoms with Crippen LogP contribution in [0, 0.1) is 0 Å². The zero-order valence-electron chi connectivity index (χ0n) is 23.8. The van der Waals surface area contributed by atoms with E-state index in [1.54, 1.807) is 65.1 Å². The summed E-state index contributed by atoms with van der Waals surface area (Å²) in [4.78, 5) is 25.4. The average molecular weight is 563 g/mol. The Hall–Kier alpha value is -3.05. The molecule has 2 aromatic heterocycles. The van der Waals surface area contributed by atoms with E-state index in [0.717, 1.165) is 12.2 Å². The molecular formula is C28H37F3N4O3Si. The van der Waals surface area contributed by atoms with E-state index >= 15 is 0 Å². The van der Waals surface area contributed by atoms with Crippen molar-refractivity contribution >= 4 is 14.0 Å². The SMILES string of the molecule is CC(C)(C)OC(=O)C(C)(C)c1cnc(-c2ccc(-c3nc(C(F)(F)F)cn3COCC[Si](C)(C)C)cc2)cn1. The lowest BCUT2D eigenvalue weighted by Gasteiger charge is -2.27. The molecule has 0 radical (unpaired) electrons. The van der Waals surface area contributed by atoms with Gasteiger partial charge in [0, 0.05) is 32.0 Å². The number of aromatic nitrogens is 4. The molecule has 0 aliphatic rings. The van der Waals surface area contributed by atoms with E-state index in [4.69, 9.17) is 9.47 Å². The van der Waals surface area contributed by atoms with Crippen molar-refractivity contribution in [2.24, 2.45) is 0 Å². The first kappa shape index (κ1) is 30.5. The molecule has 2 heterocycles. The number of carbonyl (C=O) groups excluding carboxylic acids is 1. The van der Waals surface area contributed by atoms with Crippen molar-refractivity contribution in [2.75, 3.05) is 6.61 Å². The molecule has 0 amide bonds. The summed E-state index contributed by atoms with van der Waals surface area (Å²) in [5.74, 6) is -0.234. The highest BCUT2D eigenvalue weighted by Gasteiger charge is 2.36. The van der Waals surface area contributed by atoms with Gasteiger partial charge in [-0.15, -0.1) is 0 Å². The number of halogens is 3. The predicted octanol–water partition coefficient (Wildman–Crippen LogP) is 6.96. The zero-order chi connectivity index (χ0) is 29.2. The first-order valence-electron chi connectivity index (χ1n) is 12.8. The van der Waals surface area contributed by atoms with Gasteiger partial charge in [-0.25, -0.2) is 4.98 Å². The summed E-state index contributed by atoms with van der Waals surface area (Å²) in [7, 11) is -1.33. The van der Waals surface area contributed by atoms with Crippen molar-refractivity contribution in [3.63, 3.8) is 0 Å². The molecule has 39 heavy (non-hydrogen) atoms. The van der Waals surface area contributed by atoms with Crippen molar-refractivity contribution in [1.82, 2.24) is 19.5 Å². The van der Waals surface area contributed by atoms with Gasteiger partial charge in [-0.3, -0.25) is 14.8 Å². The highest BCUT2D eigenvalue weighted by Crippen LogP contribution is 2.32. The Kier molecular flexibility index (Phi) is 8.76. The van der Waals surface area contributed by atoms with E-state index in [1.807, 2.05) is 0 Å². The van der Waals surface area contributed by atoms with Gasteiger partial charge in [-0.1, -0.05) is 43.9 Å². The zero-order valence-corrected chi connectivity index (χ0v) is 24.8. The predicted molar refractivity (Wildman–Crippen MR) is 147 cm³/mol. The Morgan fingerprint density at radius 3 is 2.05 bits per heavy atom. The molecule has 0 bridgehead atoms. The minimum absolute atomic E-state index is 0.0228. The van der Waals surface area contributed by atoms with E-state index in [-0.39, 0.29) is 12.6 Å². The van der Waals surface area contributed by atoms with E-state index in [2.05, 4.69) is 34.6 Å². The van der Waals surface area contributed by atoms with Crippen LogP contribution in [0.4, 0.5) is 13.2 Å². The van der Waals surface area contributed by atoms with Crippen LogP contribution in [0.1, 0.15) is 46.0 Å². The lowest BCUT2D eigenvalue weighted by atomic mass is 9.89. The first-order chi connectivity index (χ1) is 17.9. The van der Waals surface area contributed by atoms with Gasteiger partial charge in [0.1, 0.15) is 23.6 Å². The van der Waals surface area contributed by atoms with Crippen LogP contribution in [0.2, 0.25) is 25.7 Å². The quantitative estimate of drug-likeness (QED) is 0.159. The number of ether oxygens (including phenoxy) is 2. The fourth-order valence-electron chi connectivity index (χ4n) is 3.52. The van der Waals surface area contributed by atoms with Crippen molar-refractivity contribution in [2.45, 2.75) is 84.2 Å². The van der Waals surface area contributed by atoms with Crippen LogP contribution in [0.3, 0.4) is 0 Å². The van der Waals surface area contributed by atoms with Crippen molar-refractivity contribution in [3.05, 3.63) is 54.2 Å². The van der Waals surface area contributed by atoms with Gasteiger partial charge in [0.25, 0.3) is 0 Å². The molecule has 3 rings (SSSR count). The molecular weight excluding hydrogens is 525 g/mol. The normalized spacial score (nSPS) is 13.0. The Balaban J connectivity index is 1.81. The van der Waals surface area contributed by atoms with Crippen molar-refractivity contribution in [1.29, 1.82) is 0 Å². The number of esters is 1. The molecule has 3 aromatic rings. The largest absolute Gasteiger partial charge is 0.459 e. The van der Waals surface area contributed by atoms with Gasteiger partial charge in [0.2, 0.25) is 0 Å². The van der Waals surface area contributed by atoms with E-state index in [0.29, 0.717) is 29.1 Å². The molecule has 11 heteroatoms. The number of nitrogens with zero attached hydrogens (tertiary/aromatic N) is 4. The molecule has 0 saturated heterocycles. The Labute approximate surface area is 228 Å². The van der Waals surface area contributed by atoms with Crippen LogP contribution >= 0.6 is 0 Å². The molecule has 0 saturated carbocycles. The smallest absolute Gasteiger partial charge is 0.434 e. The monoisotopic (exact) mass is 562 g/mol. The third kappa shape index (κ3) is 8.22. The van der Waals surface area contributed by atoms with Gasteiger partial charge in [0.05, 0.1) is 23.8 Å². The molecule has 0 fully saturated rings. The highest BCUT2D eigenvalue weighted by atomic mass is 28.3. The van der Waals surface area contributed by atoms with Crippen molar-refractivity contribution < 1.29 is 27.4 Å². The summed E-state index contributed by atoms with van der Waals surface area (Å²) in [6.07, 6.45) is -0.490. The number of hydrogen-bond donors (Lipinski definition) is 0. The third-order valence-electron chi connectivity index (χ3n) is 5.93. The van der Waals surface area contributed by atoms with E-state index < -0.39 is 36.9 Å². The number of imidazole rings is 1. The fraction of sp³-hybridized carbons (Fsp3) is 0.500. The van der Waals surface area contributed by atoms with Crippen LogP contribution in [-0.2, 0) is 32.6 Å². The molecule has 0 aliphatic heterocycles. The minimum Gasteiger partial charge on any atom is -0.459 e. The number of alkyl halides is 3. The molecule has 7 nitrogen and oxygen atoms in total. The van der Waals surface area contributed by atoms with Crippen LogP contribution < -0.4 is 0 Å². The van der Waals surface area contributed by atoms with E-state index in [9.17, 15) is 18.0 Å². The van der Waals surface area contributed by atoms with Crippen molar-refractivity contribution in [3.8, 4) is 22.6 Å². The van der Waals surface area contributed by atoms with Crippen LogP contribution in [0.15, 0.2) is 42.9 Å². The van der Waals surface area contributed by atoms with Gasteiger partial charge >= 0.3 is 12.1 Å². The van der Waals surface area contributed by atoms with Gasteiger partial charge < -0.3 is 14.0 Å². The fourth-order valence-corrected chi connectivity index (χ4v) is 4.28.